The molecule has 0 unspecified atom stereocenters. The van der Waals surface area contributed by atoms with Crippen LogP contribution in [0.15, 0.2) is 64.0 Å². The molecule has 0 N–H and O–H groups in total. The van der Waals surface area contributed by atoms with Gasteiger partial charge in [0.25, 0.3) is 0 Å². The van der Waals surface area contributed by atoms with E-state index in [1.54, 1.807) is 12.1 Å². The number of allylic oxidation sites excluding steroid dienone is 5. The number of rotatable bonds is 1. The van der Waals surface area contributed by atoms with Crippen LogP contribution in [-0.4, -0.2) is 0 Å². The van der Waals surface area contributed by atoms with Crippen molar-refractivity contribution < 1.29 is 0 Å². The van der Waals surface area contributed by atoms with Crippen molar-refractivity contribution in [1.29, 1.82) is 0 Å². The highest BCUT2D eigenvalue weighted by atomic mass is 16.1. The normalized spacial score (nSPS) is 17.5. The molecule has 0 bridgehead atoms. The first-order valence-corrected chi connectivity index (χ1v) is 7.85. The fourth-order valence-corrected chi connectivity index (χ4v) is 2.56. The highest BCUT2D eigenvalue weighted by Crippen LogP contribution is 2.42. The number of hydrogen-bond acceptors (Lipinski definition) is 1. The van der Waals surface area contributed by atoms with Gasteiger partial charge < -0.3 is 0 Å². The fourth-order valence-electron chi connectivity index (χ4n) is 2.56. The van der Waals surface area contributed by atoms with Crippen LogP contribution in [0.5, 0.6) is 0 Å². The van der Waals surface area contributed by atoms with Crippen molar-refractivity contribution in [2.24, 2.45) is 10.8 Å². The minimum absolute atomic E-state index is 0.0509. The molecule has 0 radical (unpaired) electrons. The van der Waals surface area contributed by atoms with Crippen LogP contribution in [0, 0.1) is 10.8 Å². The Labute approximate surface area is 134 Å². The van der Waals surface area contributed by atoms with Crippen molar-refractivity contribution in [1.82, 2.24) is 0 Å². The largest absolute Gasteiger partial charge is 0.289 e. The van der Waals surface area contributed by atoms with Crippen LogP contribution in [-0.2, 0) is 0 Å². The second-order valence-corrected chi connectivity index (χ2v) is 7.99. The average Bonchev–Trinajstić information content (AvgIpc) is 2.71. The van der Waals surface area contributed by atoms with E-state index in [-0.39, 0.29) is 16.3 Å². The lowest BCUT2D eigenvalue weighted by Crippen LogP contribution is -2.10. The Bertz CT molecular complexity index is 716. The zero-order valence-electron chi connectivity index (χ0n) is 14.5. The van der Waals surface area contributed by atoms with Crippen LogP contribution in [0.3, 0.4) is 0 Å². The Morgan fingerprint density at radius 2 is 1.45 bits per heavy atom. The van der Waals surface area contributed by atoms with Crippen LogP contribution in [0.25, 0.3) is 6.08 Å². The molecule has 1 aromatic rings. The summed E-state index contributed by atoms with van der Waals surface area (Å²) in [4.78, 5) is 12.2. The molecule has 116 valence electrons. The predicted octanol–water partition coefficient (Wildman–Crippen LogP) is 5.39. The van der Waals surface area contributed by atoms with Gasteiger partial charge in [0, 0.05) is 5.56 Å². The van der Waals surface area contributed by atoms with E-state index < -0.39 is 0 Å². The monoisotopic (exact) mass is 294 g/mol. The van der Waals surface area contributed by atoms with Gasteiger partial charge in [-0.2, -0.15) is 0 Å². The summed E-state index contributed by atoms with van der Waals surface area (Å²) < 4.78 is 0. The summed E-state index contributed by atoms with van der Waals surface area (Å²) in [5.41, 5.74) is 4.72. The third-order valence-corrected chi connectivity index (χ3v) is 3.94. The minimum Gasteiger partial charge on any atom is -0.289 e. The Morgan fingerprint density at radius 1 is 0.818 bits per heavy atom. The molecule has 0 saturated heterocycles. The van der Waals surface area contributed by atoms with Gasteiger partial charge in [0.2, 0.25) is 0 Å². The van der Waals surface area contributed by atoms with E-state index in [9.17, 15) is 4.79 Å². The lowest BCUT2D eigenvalue weighted by Gasteiger charge is -2.22. The zero-order chi connectivity index (χ0) is 16.5. The summed E-state index contributed by atoms with van der Waals surface area (Å²) in [6.07, 6.45) is 6.55. The van der Waals surface area contributed by atoms with Gasteiger partial charge in [0.15, 0.2) is 5.43 Å². The van der Waals surface area contributed by atoms with E-state index in [0.29, 0.717) is 0 Å². The van der Waals surface area contributed by atoms with E-state index >= 15 is 0 Å². The summed E-state index contributed by atoms with van der Waals surface area (Å²) >= 11 is 0. The quantitative estimate of drug-likeness (QED) is 0.678. The molecular formula is C21H26O. The topological polar surface area (TPSA) is 17.1 Å². The van der Waals surface area contributed by atoms with Crippen molar-refractivity contribution in [3.8, 4) is 0 Å². The second-order valence-electron chi connectivity index (χ2n) is 7.99. The maximum Gasteiger partial charge on any atom is 0.185 e. The number of hydrogen-bond donors (Lipinski definition) is 0. The average molecular weight is 294 g/mol. The molecule has 0 heterocycles. The van der Waals surface area contributed by atoms with Gasteiger partial charge in [-0.25, -0.2) is 0 Å². The first-order valence-electron chi connectivity index (χ1n) is 7.85. The van der Waals surface area contributed by atoms with Crippen LogP contribution in [0.4, 0.5) is 0 Å². The molecule has 0 spiro atoms. The molecule has 0 fully saturated rings. The highest BCUT2D eigenvalue weighted by molar-refractivity contribution is 5.68. The van der Waals surface area contributed by atoms with Crippen molar-refractivity contribution in [3.63, 3.8) is 0 Å². The van der Waals surface area contributed by atoms with Crippen LogP contribution in [0.2, 0.25) is 0 Å². The smallest absolute Gasteiger partial charge is 0.185 e. The van der Waals surface area contributed by atoms with Gasteiger partial charge in [-0.15, -0.1) is 0 Å². The first kappa shape index (κ1) is 16.5. The summed E-state index contributed by atoms with van der Waals surface area (Å²) in [5.74, 6) is 0. The third kappa shape index (κ3) is 3.65. The van der Waals surface area contributed by atoms with Gasteiger partial charge in [-0.3, -0.25) is 4.79 Å². The van der Waals surface area contributed by atoms with E-state index in [4.69, 9.17) is 0 Å². The molecule has 22 heavy (non-hydrogen) atoms. The first-order chi connectivity index (χ1) is 10.1. The van der Waals surface area contributed by atoms with E-state index in [2.05, 4.69) is 53.7 Å². The van der Waals surface area contributed by atoms with Gasteiger partial charge in [0.1, 0.15) is 0 Å². The predicted molar refractivity (Wildman–Crippen MR) is 95.8 cm³/mol. The lowest BCUT2D eigenvalue weighted by molar-refractivity contribution is 0.505. The van der Waals surface area contributed by atoms with Crippen molar-refractivity contribution in [2.45, 2.75) is 41.5 Å². The second kappa shape index (κ2) is 5.72. The molecule has 1 aliphatic rings. The molecule has 0 atom stereocenters. The molecule has 1 aromatic carbocycles. The van der Waals surface area contributed by atoms with E-state index in [1.807, 2.05) is 24.3 Å². The van der Waals surface area contributed by atoms with Crippen molar-refractivity contribution >= 4 is 6.08 Å². The molecule has 2 rings (SSSR count). The fraction of sp³-hybridized carbons (Fsp3) is 0.381. The minimum atomic E-state index is 0.0509. The maximum absolute atomic E-state index is 12.2. The van der Waals surface area contributed by atoms with Gasteiger partial charge in [0.05, 0.1) is 0 Å². The Hall–Kier alpha value is -1.89. The molecule has 1 nitrogen and oxygen atoms in total. The lowest BCUT2D eigenvalue weighted by atomic mass is 9.82. The van der Waals surface area contributed by atoms with Gasteiger partial charge in [-0.05, 0) is 39.7 Å². The molecule has 1 heteroatoms. The molecular weight excluding hydrogens is 268 g/mol. The van der Waals surface area contributed by atoms with Crippen LogP contribution >= 0.6 is 0 Å². The van der Waals surface area contributed by atoms with Crippen molar-refractivity contribution in [3.05, 3.63) is 75.0 Å². The molecule has 0 aliphatic heterocycles. The Kier molecular flexibility index (Phi) is 4.28. The SMILES string of the molecule is CC(C)(C)C1=C/C(=C\c2cccccc2=O)C(C(C)(C)C)=C1. The van der Waals surface area contributed by atoms with Gasteiger partial charge >= 0.3 is 0 Å². The van der Waals surface area contributed by atoms with Crippen molar-refractivity contribution in [2.75, 3.05) is 0 Å². The third-order valence-electron chi connectivity index (χ3n) is 3.94. The van der Waals surface area contributed by atoms with E-state index in [1.165, 1.54) is 11.1 Å². The van der Waals surface area contributed by atoms with Crippen LogP contribution < -0.4 is 5.43 Å². The van der Waals surface area contributed by atoms with E-state index in [0.717, 1.165) is 11.1 Å². The Balaban J connectivity index is 2.60. The highest BCUT2D eigenvalue weighted by Gasteiger charge is 2.28. The van der Waals surface area contributed by atoms with Crippen LogP contribution in [0.1, 0.15) is 47.1 Å². The summed E-state index contributed by atoms with van der Waals surface area (Å²) in [6, 6.07) is 9.09. The Morgan fingerprint density at radius 3 is 2.05 bits per heavy atom. The summed E-state index contributed by atoms with van der Waals surface area (Å²) in [5, 5.41) is 0. The molecule has 0 amide bonds. The maximum atomic E-state index is 12.2. The summed E-state index contributed by atoms with van der Waals surface area (Å²) in [7, 11) is 0. The van der Waals surface area contributed by atoms with Gasteiger partial charge in [-0.1, -0.05) is 78.0 Å². The molecule has 0 aromatic heterocycles. The molecule has 0 saturated carbocycles. The summed E-state index contributed by atoms with van der Waals surface area (Å²) in [6.45, 7) is 13.3. The zero-order valence-corrected chi connectivity index (χ0v) is 14.5. The standard InChI is InChI=1S/C21H26O/c1-20(2,3)17-13-16(18(14-17)21(4,5)6)12-15-10-8-7-9-11-19(15)22/h7-14H,1-6H3/b16-12+. The molecule has 1 aliphatic carbocycles.